The molecule has 0 spiro atoms. The molecule has 20 heavy (non-hydrogen) atoms. The second-order valence-electron chi connectivity index (χ2n) is 6.15. The fourth-order valence-electron chi connectivity index (χ4n) is 3.23. The highest BCUT2D eigenvalue weighted by Crippen LogP contribution is 2.39. The zero-order chi connectivity index (χ0) is 14.5. The summed E-state index contributed by atoms with van der Waals surface area (Å²) in [6.45, 7) is 8.02. The molecule has 1 fully saturated rings. The summed E-state index contributed by atoms with van der Waals surface area (Å²) >= 11 is 1.91. The highest BCUT2D eigenvalue weighted by atomic mass is 32.2. The van der Waals surface area contributed by atoms with E-state index in [1.54, 1.807) is 12.1 Å². The lowest BCUT2D eigenvalue weighted by atomic mass is 9.80. The van der Waals surface area contributed by atoms with Crippen LogP contribution < -0.4 is 5.32 Å². The van der Waals surface area contributed by atoms with Gasteiger partial charge in [-0.15, -0.1) is 11.8 Å². The van der Waals surface area contributed by atoms with Gasteiger partial charge in [0.15, 0.2) is 0 Å². The van der Waals surface area contributed by atoms with Crippen molar-refractivity contribution in [3.63, 3.8) is 0 Å². The van der Waals surface area contributed by atoms with Crippen molar-refractivity contribution in [1.82, 2.24) is 5.32 Å². The Morgan fingerprint density at radius 1 is 1.20 bits per heavy atom. The van der Waals surface area contributed by atoms with Crippen molar-refractivity contribution in [3.05, 3.63) is 30.1 Å². The molecule has 0 amide bonds. The summed E-state index contributed by atoms with van der Waals surface area (Å²) in [5, 5.41) is 4.31. The Bertz CT molecular complexity index is 406. The number of nitrogens with one attached hydrogen (secondary N) is 1. The first-order valence-corrected chi connectivity index (χ1v) is 8.63. The highest BCUT2D eigenvalue weighted by Gasteiger charge is 2.34. The average Bonchev–Trinajstić information content (AvgIpc) is 2.42. The summed E-state index contributed by atoms with van der Waals surface area (Å²) in [5.74, 6) is 1.34. The van der Waals surface area contributed by atoms with Gasteiger partial charge in [0.05, 0.1) is 0 Å². The maximum Gasteiger partial charge on any atom is 0.123 e. The van der Waals surface area contributed by atoms with Gasteiger partial charge in [0.25, 0.3) is 0 Å². The molecule has 1 aromatic carbocycles. The molecule has 3 heteroatoms. The van der Waals surface area contributed by atoms with Crippen molar-refractivity contribution in [2.45, 2.75) is 56.2 Å². The lowest BCUT2D eigenvalue weighted by Crippen LogP contribution is -2.46. The third-order valence-corrected chi connectivity index (χ3v) is 5.74. The molecule has 1 aliphatic carbocycles. The summed E-state index contributed by atoms with van der Waals surface area (Å²) in [5.41, 5.74) is 0. The van der Waals surface area contributed by atoms with Gasteiger partial charge in [-0.05, 0) is 61.9 Å². The summed E-state index contributed by atoms with van der Waals surface area (Å²) < 4.78 is 13.0. The van der Waals surface area contributed by atoms with Crippen LogP contribution in [0.5, 0.6) is 0 Å². The zero-order valence-electron chi connectivity index (χ0n) is 12.7. The second-order valence-corrected chi connectivity index (χ2v) is 7.40. The minimum Gasteiger partial charge on any atom is -0.313 e. The van der Waals surface area contributed by atoms with Crippen molar-refractivity contribution in [2.24, 2.45) is 11.8 Å². The van der Waals surface area contributed by atoms with Crippen molar-refractivity contribution in [1.29, 1.82) is 0 Å². The van der Waals surface area contributed by atoms with Gasteiger partial charge in [0, 0.05) is 16.2 Å². The van der Waals surface area contributed by atoms with Crippen LogP contribution in [0.2, 0.25) is 0 Å². The van der Waals surface area contributed by atoms with Gasteiger partial charge in [0.1, 0.15) is 5.82 Å². The van der Waals surface area contributed by atoms with Crippen molar-refractivity contribution in [3.8, 4) is 0 Å². The van der Waals surface area contributed by atoms with Crippen molar-refractivity contribution >= 4 is 11.8 Å². The molecule has 1 N–H and O–H groups in total. The molecule has 112 valence electrons. The third kappa shape index (κ3) is 4.23. The number of rotatable bonds is 5. The minimum absolute atomic E-state index is 0.152. The molecule has 2 rings (SSSR count). The predicted molar refractivity (Wildman–Crippen MR) is 85.7 cm³/mol. The fourth-order valence-corrected chi connectivity index (χ4v) is 4.55. The number of hydrogen-bond donors (Lipinski definition) is 1. The topological polar surface area (TPSA) is 12.0 Å². The van der Waals surface area contributed by atoms with Crippen LogP contribution in [0.25, 0.3) is 0 Å². The van der Waals surface area contributed by atoms with Crippen LogP contribution in [0.3, 0.4) is 0 Å². The van der Waals surface area contributed by atoms with E-state index in [1.807, 2.05) is 23.9 Å². The average molecular weight is 295 g/mol. The first-order valence-electron chi connectivity index (χ1n) is 7.75. The van der Waals surface area contributed by atoms with Crippen LogP contribution in [0.15, 0.2) is 29.2 Å². The highest BCUT2D eigenvalue weighted by molar-refractivity contribution is 8.00. The van der Waals surface area contributed by atoms with Gasteiger partial charge < -0.3 is 5.32 Å². The molecule has 4 unspecified atom stereocenters. The molecule has 0 bridgehead atoms. The summed E-state index contributed by atoms with van der Waals surface area (Å²) in [6.07, 6.45) is 3.72. The first kappa shape index (κ1) is 15.8. The van der Waals surface area contributed by atoms with Crippen LogP contribution >= 0.6 is 11.8 Å². The van der Waals surface area contributed by atoms with Crippen LogP contribution in [-0.2, 0) is 0 Å². The maximum absolute atomic E-state index is 13.0. The van der Waals surface area contributed by atoms with E-state index in [0.717, 1.165) is 12.5 Å². The smallest absolute Gasteiger partial charge is 0.123 e. The van der Waals surface area contributed by atoms with Gasteiger partial charge in [-0.2, -0.15) is 0 Å². The second kappa shape index (κ2) is 7.46. The van der Waals surface area contributed by atoms with Crippen LogP contribution in [0, 0.1) is 17.7 Å². The van der Waals surface area contributed by atoms with E-state index in [2.05, 4.69) is 26.1 Å². The summed E-state index contributed by atoms with van der Waals surface area (Å²) in [4.78, 5) is 1.18. The van der Waals surface area contributed by atoms with E-state index in [9.17, 15) is 4.39 Å². The van der Waals surface area contributed by atoms with Crippen molar-refractivity contribution in [2.75, 3.05) is 6.54 Å². The molecule has 1 nitrogen and oxygen atoms in total. The normalized spacial score (nSPS) is 30.4. The summed E-state index contributed by atoms with van der Waals surface area (Å²) in [6, 6.07) is 7.51. The molecular weight excluding hydrogens is 269 g/mol. The minimum atomic E-state index is -0.152. The predicted octanol–water partition coefficient (Wildman–Crippen LogP) is 4.72. The molecule has 1 aromatic rings. The Kier molecular flexibility index (Phi) is 5.91. The lowest BCUT2D eigenvalue weighted by molar-refractivity contribution is 0.249. The fraction of sp³-hybridized carbons (Fsp3) is 0.647. The molecule has 0 saturated heterocycles. The Balaban J connectivity index is 2.05. The number of benzene rings is 1. The largest absolute Gasteiger partial charge is 0.313 e. The van der Waals surface area contributed by atoms with E-state index >= 15 is 0 Å². The number of halogens is 1. The van der Waals surface area contributed by atoms with Gasteiger partial charge in [0.2, 0.25) is 0 Å². The van der Waals surface area contributed by atoms with E-state index in [1.165, 1.54) is 24.2 Å². The Morgan fingerprint density at radius 2 is 1.90 bits per heavy atom. The molecule has 0 aromatic heterocycles. The summed E-state index contributed by atoms with van der Waals surface area (Å²) in [7, 11) is 0. The standard InChI is InChI=1S/C17H26FNS/c1-4-9-19-16-11-12(2)10-13(3)17(16)20-15-7-5-14(18)6-8-15/h5-8,12-13,16-17,19H,4,9-11H2,1-3H3. The SMILES string of the molecule is CCCNC1CC(C)CC(C)C1Sc1ccc(F)cc1. The van der Waals surface area contributed by atoms with E-state index in [4.69, 9.17) is 0 Å². The van der Waals surface area contributed by atoms with E-state index in [-0.39, 0.29) is 5.82 Å². The van der Waals surface area contributed by atoms with E-state index in [0.29, 0.717) is 17.2 Å². The maximum atomic E-state index is 13.0. The Labute approximate surface area is 126 Å². The monoisotopic (exact) mass is 295 g/mol. The van der Waals surface area contributed by atoms with Gasteiger partial charge >= 0.3 is 0 Å². The molecule has 1 aliphatic rings. The van der Waals surface area contributed by atoms with Crippen LogP contribution in [0.1, 0.15) is 40.0 Å². The molecule has 0 aliphatic heterocycles. The van der Waals surface area contributed by atoms with Crippen LogP contribution in [-0.4, -0.2) is 17.8 Å². The zero-order valence-corrected chi connectivity index (χ0v) is 13.5. The molecule has 1 saturated carbocycles. The van der Waals surface area contributed by atoms with Crippen molar-refractivity contribution < 1.29 is 4.39 Å². The van der Waals surface area contributed by atoms with Crippen LogP contribution in [0.4, 0.5) is 4.39 Å². The van der Waals surface area contributed by atoms with Gasteiger partial charge in [-0.1, -0.05) is 20.8 Å². The lowest BCUT2D eigenvalue weighted by Gasteiger charge is -2.40. The number of thioether (sulfide) groups is 1. The Morgan fingerprint density at radius 3 is 2.55 bits per heavy atom. The Hall–Kier alpha value is -0.540. The quantitative estimate of drug-likeness (QED) is 0.843. The van der Waals surface area contributed by atoms with Gasteiger partial charge in [-0.25, -0.2) is 4.39 Å². The van der Waals surface area contributed by atoms with Gasteiger partial charge in [-0.3, -0.25) is 0 Å². The molecule has 0 radical (unpaired) electrons. The number of hydrogen-bond acceptors (Lipinski definition) is 2. The third-order valence-electron chi connectivity index (χ3n) is 4.13. The molecule has 4 atom stereocenters. The molecule has 0 heterocycles. The van der Waals surface area contributed by atoms with E-state index < -0.39 is 0 Å². The first-order chi connectivity index (χ1) is 9.60. The molecular formula is C17H26FNS.